The van der Waals surface area contributed by atoms with Gasteiger partial charge in [-0.05, 0) is 6.42 Å². The second-order valence-electron chi connectivity index (χ2n) is 3.56. The van der Waals surface area contributed by atoms with Gasteiger partial charge in [0.2, 0.25) is 5.91 Å². The van der Waals surface area contributed by atoms with E-state index in [0.717, 1.165) is 6.42 Å². The zero-order valence-corrected chi connectivity index (χ0v) is 9.09. The number of aromatic nitrogens is 2. The predicted octanol–water partition coefficient (Wildman–Crippen LogP) is 0.278. The van der Waals surface area contributed by atoms with Crippen LogP contribution in [0.3, 0.4) is 0 Å². The molecule has 0 saturated heterocycles. The van der Waals surface area contributed by atoms with Gasteiger partial charge in [-0.1, -0.05) is 6.92 Å². The molecule has 1 aromatic heterocycles. The fourth-order valence-corrected chi connectivity index (χ4v) is 1.26. The van der Waals surface area contributed by atoms with E-state index in [0.29, 0.717) is 12.1 Å². The van der Waals surface area contributed by atoms with Crippen LogP contribution in [0.1, 0.15) is 30.3 Å². The molecular weight excluding hydrogens is 210 g/mol. The summed E-state index contributed by atoms with van der Waals surface area (Å²) in [5.41, 5.74) is 5.87. The molecule has 1 aromatic rings. The van der Waals surface area contributed by atoms with E-state index in [9.17, 15) is 9.59 Å². The molecule has 1 rings (SSSR count). The Labute approximate surface area is 93.1 Å². The maximum absolute atomic E-state index is 11.5. The standard InChI is InChI=1S/C10H15N3O3/c1-2-3-9(14)13-5-7(12-6-13)4-8(11)10(15)16/h5-6,8H,2-4,11H2,1H3,(H,15,16)/t8-/m0/s1. The van der Waals surface area contributed by atoms with Gasteiger partial charge in [-0.3, -0.25) is 14.2 Å². The number of carboxylic acids is 1. The highest BCUT2D eigenvalue weighted by Crippen LogP contribution is 2.02. The molecule has 1 heterocycles. The Hall–Kier alpha value is -1.69. The summed E-state index contributed by atoms with van der Waals surface area (Å²) in [6, 6.07) is -0.982. The first-order valence-electron chi connectivity index (χ1n) is 5.09. The van der Waals surface area contributed by atoms with Crippen molar-refractivity contribution in [1.82, 2.24) is 9.55 Å². The van der Waals surface area contributed by atoms with Crippen LogP contribution in [0.2, 0.25) is 0 Å². The molecule has 0 spiro atoms. The molecule has 88 valence electrons. The van der Waals surface area contributed by atoms with Crippen LogP contribution in [0, 0.1) is 0 Å². The molecule has 6 heteroatoms. The number of carboxylic acid groups (broad SMARTS) is 1. The lowest BCUT2D eigenvalue weighted by molar-refractivity contribution is -0.138. The van der Waals surface area contributed by atoms with Crippen molar-refractivity contribution in [1.29, 1.82) is 0 Å². The molecule has 0 fully saturated rings. The quantitative estimate of drug-likeness (QED) is 0.749. The van der Waals surface area contributed by atoms with Crippen LogP contribution in [0.25, 0.3) is 0 Å². The lowest BCUT2D eigenvalue weighted by atomic mass is 10.2. The molecule has 0 aliphatic rings. The largest absolute Gasteiger partial charge is 0.480 e. The van der Waals surface area contributed by atoms with E-state index in [1.165, 1.54) is 17.1 Å². The highest BCUT2D eigenvalue weighted by molar-refractivity contribution is 5.78. The summed E-state index contributed by atoms with van der Waals surface area (Å²) < 4.78 is 1.37. The first-order chi connectivity index (χ1) is 7.54. The third-order valence-corrected chi connectivity index (χ3v) is 2.13. The minimum absolute atomic E-state index is 0.0508. The molecule has 0 aliphatic heterocycles. The SMILES string of the molecule is CCCC(=O)n1cnc(C[C@H](N)C(=O)O)c1. The van der Waals surface area contributed by atoms with Crippen molar-refractivity contribution in [3.05, 3.63) is 18.2 Å². The van der Waals surface area contributed by atoms with Crippen LogP contribution in [0.5, 0.6) is 0 Å². The number of hydrogen-bond donors (Lipinski definition) is 2. The molecule has 1 atom stereocenters. The maximum Gasteiger partial charge on any atom is 0.320 e. The third kappa shape index (κ3) is 3.16. The Balaban J connectivity index is 2.64. The van der Waals surface area contributed by atoms with E-state index in [1.807, 2.05) is 6.92 Å². The van der Waals surface area contributed by atoms with Crippen LogP contribution >= 0.6 is 0 Å². The number of imidazole rings is 1. The van der Waals surface area contributed by atoms with Crippen LogP contribution in [0.15, 0.2) is 12.5 Å². The Kier molecular flexibility index (Phi) is 4.19. The molecule has 0 aliphatic carbocycles. The Morgan fingerprint density at radius 1 is 1.62 bits per heavy atom. The lowest BCUT2D eigenvalue weighted by Gasteiger charge is -2.02. The molecule has 0 radical (unpaired) electrons. The lowest BCUT2D eigenvalue weighted by Crippen LogP contribution is -2.32. The van der Waals surface area contributed by atoms with E-state index in [4.69, 9.17) is 10.8 Å². The van der Waals surface area contributed by atoms with Gasteiger partial charge in [-0.25, -0.2) is 4.98 Å². The predicted molar refractivity (Wildman–Crippen MR) is 57.1 cm³/mol. The maximum atomic E-state index is 11.5. The second kappa shape index (κ2) is 5.41. The van der Waals surface area contributed by atoms with Crippen molar-refractivity contribution in [2.45, 2.75) is 32.2 Å². The van der Waals surface area contributed by atoms with Gasteiger partial charge in [-0.2, -0.15) is 0 Å². The number of aliphatic carboxylic acids is 1. The van der Waals surface area contributed by atoms with E-state index < -0.39 is 12.0 Å². The van der Waals surface area contributed by atoms with E-state index >= 15 is 0 Å². The molecular formula is C10H15N3O3. The number of carbonyl (C=O) groups excluding carboxylic acids is 1. The topological polar surface area (TPSA) is 98.2 Å². The molecule has 16 heavy (non-hydrogen) atoms. The second-order valence-corrected chi connectivity index (χ2v) is 3.56. The minimum atomic E-state index is -1.07. The minimum Gasteiger partial charge on any atom is -0.480 e. The molecule has 0 aromatic carbocycles. The summed E-state index contributed by atoms with van der Waals surface area (Å²) in [5, 5.41) is 8.62. The first kappa shape index (κ1) is 12.4. The first-order valence-corrected chi connectivity index (χ1v) is 5.09. The van der Waals surface area contributed by atoms with Crippen molar-refractivity contribution >= 4 is 11.9 Å². The third-order valence-electron chi connectivity index (χ3n) is 2.13. The number of nitrogens with zero attached hydrogens (tertiary/aromatic N) is 2. The van der Waals surface area contributed by atoms with Gasteiger partial charge in [0.15, 0.2) is 0 Å². The molecule has 3 N–H and O–H groups in total. The van der Waals surface area contributed by atoms with E-state index in [1.54, 1.807) is 0 Å². The fraction of sp³-hybridized carbons (Fsp3) is 0.500. The molecule has 0 saturated carbocycles. The van der Waals surface area contributed by atoms with Gasteiger partial charge in [0.1, 0.15) is 12.4 Å². The van der Waals surface area contributed by atoms with Crippen LogP contribution in [-0.4, -0.2) is 32.6 Å². The zero-order chi connectivity index (χ0) is 12.1. The summed E-state index contributed by atoms with van der Waals surface area (Å²) in [6.45, 7) is 1.91. The molecule has 6 nitrogen and oxygen atoms in total. The van der Waals surface area contributed by atoms with Crippen molar-refractivity contribution in [3.8, 4) is 0 Å². The summed E-state index contributed by atoms with van der Waals surface area (Å²) in [5.74, 6) is -1.13. The van der Waals surface area contributed by atoms with Gasteiger partial charge >= 0.3 is 5.97 Å². The summed E-state index contributed by atoms with van der Waals surface area (Å²) in [7, 11) is 0. The van der Waals surface area contributed by atoms with Gasteiger partial charge in [0.05, 0.1) is 5.69 Å². The fourth-order valence-electron chi connectivity index (χ4n) is 1.26. The van der Waals surface area contributed by atoms with Crippen LogP contribution in [-0.2, 0) is 11.2 Å². The van der Waals surface area contributed by atoms with Crippen LogP contribution < -0.4 is 5.73 Å². The number of carbonyl (C=O) groups is 2. The summed E-state index contributed by atoms with van der Waals surface area (Å²) in [6.07, 6.45) is 4.26. The average Bonchev–Trinajstić information content (AvgIpc) is 2.66. The number of hydrogen-bond acceptors (Lipinski definition) is 4. The van der Waals surface area contributed by atoms with Crippen LogP contribution in [0.4, 0.5) is 0 Å². The highest BCUT2D eigenvalue weighted by Gasteiger charge is 2.14. The van der Waals surface area contributed by atoms with E-state index in [-0.39, 0.29) is 12.3 Å². The van der Waals surface area contributed by atoms with Gasteiger partial charge in [0, 0.05) is 19.0 Å². The molecule has 0 unspecified atom stereocenters. The smallest absolute Gasteiger partial charge is 0.320 e. The van der Waals surface area contributed by atoms with E-state index in [2.05, 4.69) is 4.98 Å². The zero-order valence-electron chi connectivity index (χ0n) is 9.09. The summed E-state index contributed by atoms with van der Waals surface area (Å²) in [4.78, 5) is 25.9. The highest BCUT2D eigenvalue weighted by atomic mass is 16.4. The van der Waals surface area contributed by atoms with Crippen molar-refractivity contribution < 1.29 is 14.7 Å². The van der Waals surface area contributed by atoms with Gasteiger partial charge in [0.25, 0.3) is 0 Å². The average molecular weight is 225 g/mol. The van der Waals surface area contributed by atoms with Gasteiger partial charge < -0.3 is 10.8 Å². The molecule has 0 amide bonds. The monoisotopic (exact) mass is 225 g/mol. The number of nitrogens with two attached hydrogens (primary N) is 1. The van der Waals surface area contributed by atoms with Gasteiger partial charge in [-0.15, -0.1) is 0 Å². The Morgan fingerprint density at radius 2 is 2.31 bits per heavy atom. The summed E-state index contributed by atoms with van der Waals surface area (Å²) >= 11 is 0. The Bertz CT molecular complexity index is 386. The normalized spacial score (nSPS) is 12.4. The van der Waals surface area contributed by atoms with Crippen molar-refractivity contribution in [3.63, 3.8) is 0 Å². The number of rotatable bonds is 5. The van der Waals surface area contributed by atoms with Crippen molar-refractivity contribution in [2.24, 2.45) is 5.73 Å². The Morgan fingerprint density at radius 3 is 2.88 bits per heavy atom. The van der Waals surface area contributed by atoms with Crippen molar-refractivity contribution in [2.75, 3.05) is 0 Å². The molecule has 0 bridgehead atoms.